The van der Waals surface area contributed by atoms with E-state index in [0.29, 0.717) is 17.5 Å². The highest BCUT2D eigenvalue weighted by Crippen LogP contribution is 2.19. The first kappa shape index (κ1) is 11.9. The Balaban J connectivity index is 1.97. The Hall–Kier alpha value is -1.53. The van der Waals surface area contributed by atoms with Gasteiger partial charge in [0.25, 0.3) is 0 Å². The third kappa shape index (κ3) is 3.21. The van der Waals surface area contributed by atoms with Crippen molar-refractivity contribution in [1.82, 2.24) is 5.32 Å². The van der Waals surface area contributed by atoms with Crippen molar-refractivity contribution in [3.63, 3.8) is 0 Å². The average molecular weight is 229 g/mol. The van der Waals surface area contributed by atoms with E-state index < -0.39 is 0 Å². The van der Waals surface area contributed by atoms with Crippen LogP contribution in [0.4, 0.5) is 5.69 Å². The zero-order valence-electron chi connectivity index (χ0n) is 10.2. The largest absolute Gasteiger partial charge is 0.382 e. The molecule has 2 unspecified atom stereocenters. The zero-order valence-corrected chi connectivity index (χ0v) is 10.2. The summed E-state index contributed by atoms with van der Waals surface area (Å²) in [5.41, 5.74) is 1.76. The van der Waals surface area contributed by atoms with Gasteiger partial charge in [-0.05, 0) is 57.0 Å². The summed E-state index contributed by atoms with van der Waals surface area (Å²) in [5, 5.41) is 15.8. The van der Waals surface area contributed by atoms with Crippen molar-refractivity contribution in [2.45, 2.75) is 25.8 Å². The molecular weight excluding hydrogens is 210 g/mol. The first-order valence-electron chi connectivity index (χ1n) is 6.27. The van der Waals surface area contributed by atoms with Crippen LogP contribution in [0.15, 0.2) is 24.3 Å². The second-order valence-corrected chi connectivity index (χ2v) is 4.73. The number of benzene rings is 1. The number of nitrogens with one attached hydrogen (secondary N) is 2. The molecule has 0 bridgehead atoms. The third-order valence-corrected chi connectivity index (χ3v) is 3.43. The van der Waals surface area contributed by atoms with Gasteiger partial charge in [0.05, 0.1) is 11.6 Å². The van der Waals surface area contributed by atoms with E-state index in [4.69, 9.17) is 5.26 Å². The lowest BCUT2D eigenvalue weighted by molar-refractivity contribution is 0.347. The molecule has 2 N–H and O–H groups in total. The van der Waals surface area contributed by atoms with Gasteiger partial charge in [0.2, 0.25) is 0 Å². The number of anilines is 1. The van der Waals surface area contributed by atoms with Crippen molar-refractivity contribution in [3.8, 4) is 6.07 Å². The number of hydrogen-bond donors (Lipinski definition) is 2. The molecule has 0 radical (unpaired) electrons. The molecular formula is C14H19N3. The van der Waals surface area contributed by atoms with Gasteiger partial charge in [-0.1, -0.05) is 6.07 Å². The Morgan fingerprint density at radius 1 is 1.53 bits per heavy atom. The molecule has 1 saturated heterocycles. The Morgan fingerprint density at radius 2 is 2.41 bits per heavy atom. The summed E-state index contributed by atoms with van der Waals surface area (Å²) in [6.07, 6.45) is 2.54. The Kier molecular flexibility index (Phi) is 4.00. The average Bonchev–Trinajstić information content (AvgIpc) is 2.40. The van der Waals surface area contributed by atoms with Crippen molar-refractivity contribution in [1.29, 1.82) is 5.26 Å². The van der Waals surface area contributed by atoms with Gasteiger partial charge in [-0.25, -0.2) is 0 Å². The highest BCUT2D eigenvalue weighted by Gasteiger charge is 2.19. The summed E-state index contributed by atoms with van der Waals surface area (Å²) in [4.78, 5) is 0. The van der Waals surface area contributed by atoms with Crippen molar-refractivity contribution in [2.24, 2.45) is 5.92 Å². The Morgan fingerprint density at radius 3 is 3.12 bits per heavy atom. The van der Waals surface area contributed by atoms with E-state index in [2.05, 4.69) is 23.6 Å². The van der Waals surface area contributed by atoms with Gasteiger partial charge >= 0.3 is 0 Å². The molecule has 0 saturated carbocycles. The minimum absolute atomic E-state index is 0.441. The summed E-state index contributed by atoms with van der Waals surface area (Å²) in [7, 11) is 0. The quantitative estimate of drug-likeness (QED) is 0.836. The van der Waals surface area contributed by atoms with Crippen LogP contribution in [0, 0.1) is 17.2 Å². The normalized spacial score (nSPS) is 21.5. The van der Waals surface area contributed by atoms with Crippen molar-refractivity contribution < 1.29 is 0 Å². The SMILES string of the molecule is CC(Nc1cccc(C#N)c1)C1CCCNC1. The zero-order chi connectivity index (χ0) is 12.1. The highest BCUT2D eigenvalue weighted by molar-refractivity contribution is 5.49. The molecule has 1 fully saturated rings. The first-order chi connectivity index (χ1) is 8.29. The molecule has 3 heteroatoms. The van der Waals surface area contributed by atoms with E-state index in [1.807, 2.05) is 24.3 Å². The molecule has 1 aromatic carbocycles. The van der Waals surface area contributed by atoms with E-state index >= 15 is 0 Å². The fourth-order valence-corrected chi connectivity index (χ4v) is 2.36. The number of rotatable bonds is 3. The standard InChI is InChI=1S/C14H19N3/c1-11(13-5-3-7-16-10-13)17-14-6-2-4-12(8-14)9-15/h2,4,6,8,11,13,16-17H,3,5,7,10H2,1H3. The van der Waals surface area contributed by atoms with E-state index in [1.54, 1.807) is 0 Å². The molecule has 1 heterocycles. The molecule has 1 aliphatic rings. The number of nitriles is 1. The minimum atomic E-state index is 0.441. The highest BCUT2D eigenvalue weighted by atomic mass is 15.0. The smallest absolute Gasteiger partial charge is 0.0992 e. The summed E-state index contributed by atoms with van der Waals surface area (Å²) in [5.74, 6) is 0.675. The second kappa shape index (κ2) is 5.70. The summed E-state index contributed by atoms with van der Waals surface area (Å²) >= 11 is 0. The van der Waals surface area contributed by atoms with Gasteiger partial charge < -0.3 is 10.6 Å². The maximum absolute atomic E-state index is 8.86. The lowest BCUT2D eigenvalue weighted by atomic mass is 9.92. The topological polar surface area (TPSA) is 47.9 Å². The molecule has 2 atom stereocenters. The van der Waals surface area contributed by atoms with Gasteiger partial charge in [0.1, 0.15) is 0 Å². The monoisotopic (exact) mass is 229 g/mol. The van der Waals surface area contributed by atoms with Crippen molar-refractivity contribution >= 4 is 5.69 Å². The van der Waals surface area contributed by atoms with Crippen LogP contribution >= 0.6 is 0 Å². The molecule has 17 heavy (non-hydrogen) atoms. The minimum Gasteiger partial charge on any atom is -0.382 e. The second-order valence-electron chi connectivity index (χ2n) is 4.73. The van der Waals surface area contributed by atoms with Gasteiger partial charge in [-0.2, -0.15) is 5.26 Å². The van der Waals surface area contributed by atoms with Crippen LogP contribution in [-0.2, 0) is 0 Å². The third-order valence-electron chi connectivity index (χ3n) is 3.43. The fourth-order valence-electron chi connectivity index (χ4n) is 2.36. The van der Waals surface area contributed by atoms with Crippen molar-refractivity contribution in [3.05, 3.63) is 29.8 Å². The lowest BCUT2D eigenvalue weighted by Gasteiger charge is -2.29. The lowest BCUT2D eigenvalue weighted by Crippen LogP contribution is -2.38. The van der Waals surface area contributed by atoms with E-state index in [0.717, 1.165) is 18.8 Å². The van der Waals surface area contributed by atoms with Gasteiger partial charge in [0, 0.05) is 11.7 Å². The van der Waals surface area contributed by atoms with E-state index in [9.17, 15) is 0 Å². The molecule has 2 rings (SSSR count). The van der Waals surface area contributed by atoms with Crippen LogP contribution in [0.5, 0.6) is 0 Å². The van der Waals surface area contributed by atoms with Gasteiger partial charge in [-0.15, -0.1) is 0 Å². The van der Waals surface area contributed by atoms with Crippen LogP contribution in [-0.4, -0.2) is 19.1 Å². The summed E-state index contributed by atoms with van der Waals surface area (Å²) < 4.78 is 0. The van der Waals surface area contributed by atoms with Crippen LogP contribution < -0.4 is 10.6 Å². The molecule has 3 nitrogen and oxygen atoms in total. The van der Waals surface area contributed by atoms with Gasteiger partial charge in [-0.3, -0.25) is 0 Å². The first-order valence-corrected chi connectivity index (χ1v) is 6.27. The number of nitrogens with zero attached hydrogens (tertiary/aromatic N) is 1. The van der Waals surface area contributed by atoms with E-state index in [-0.39, 0.29) is 0 Å². The predicted molar refractivity (Wildman–Crippen MR) is 69.8 cm³/mol. The molecule has 0 amide bonds. The predicted octanol–water partition coefficient (Wildman–Crippen LogP) is 2.36. The van der Waals surface area contributed by atoms with E-state index in [1.165, 1.54) is 12.8 Å². The molecule has 0 aliphatic carbocycles. The molecule has 0 aromatic heterocycles. The van der Waals surface area contributed by atoms with Crippen LogP contribution in [0.3, 0.4) is 0 Å². The number of hydrogen-bond acceptors (Lipinski definition) is 3. The fraction of sp³-hybridized carbons (Fsp3) is 0.500. The maximum Gasteiger partial charge on any atom is 0.0992 e. The van der Waals surface area contributed by atoms with Crippen LogP contribution in [0.2, 0.25) is 0 Å². The molecule has 1 aliphatic heterocycles. The van der Waals surface area contributed by atoms with Crippen LogP contribution in [0.1, 0.15) is 25.3 Å². The summed E-state index contributed by atoms with van der Waals surface area (Å²) in [6, 6.07) is 10.3. The molecule has 0 spiro atoms. The van der Waals surface area contributed by atoms with Crippen LogP contribution in [0.25, 0.3) is 0 Å². The Labute approximate surface area is 103 Å². The van der Waals surface area contributed by atoms with Gasteiger partial charge in [0.15, 0.2) is 0 Å². The Bertz CT molecular complexity index is 402. The molecule has 1 aromatic rings. The molecule has 90 valence electrons. The summed E-state index contributed by atoms with van der Waals surface area (Å²) in [6.45, 7) is 4.45. The number of piperidine rings is 1. The maximum atomic E-state index is 8.86. The van der Waals surface area contributed by atoms with Crippen molar-refractivity contribution in [2.75, 3.05) is 18.4 Å².